The largest absolute Gasteiger partial charge is 0.507 e. The number of carbonyl (C=O) groups excluding carboxylic acids is 3. The lowest BCUT2D eigenvalue weighted by atomic mass is 9.93. The summed E-state index contributed by atoms with van der Waals surface area (Å²) in [5, 5.41) is 12.1. The average molecular weight is 515 g/mol. The van der Waals surface area contributed by atoms with Crippen molar-refractivity contribution in [3.63, 3.8) is 0 Å². The average Bonchev–Trinajstić information content (AvgIpc) is 3.29. The molecular formula is C25H20Cl2N2O4S. The number of aliphatic hydroxyl groups is 1. The summed E-state index contributed by atoms with van der Waals surface area (Å²) in [6.07, 6.45) is 0. The quantitative estimate of drug-likeness (QED) is 0.193. The number of nitrogens with zero attached hydrogens (tertiary/aromatic N) is 2. The lowest BCUT2D eigenvalue weighted by Gasteiger charge is -2.23. The number of Topliss-reactive ketones (excluding diaryl/α,β-unsaturated/α-hetero) is 2. The van der Waals surface area contributed by atoms with E-state index in [2.05, 4.69) is 4.98 Å². The van der Waals surface area contributed by atoms with Crippen LogP contribution in [0.3, 0.4) is 0 Å². The van der Waals surface area contributed by atoms with Crippen LogP contribution >= 0.6 is 34.5 Å². The first-order valence-electron chi connectivity index (χ1n) is 10.3. The summed E-state index contributed by atoms with van der Waals surface area (Å²) in [6.45, 7) is 6.75. The number of aromatic nitrogens is 1. The molecule has 1 aliphatic heterocycles. The number of rotatable bonds is 4. The van der Waals surface area contributed by atoms with Gasteiger partial charge in [0.15, 0.2) is 10.9 Å². The summed E-state index contributed by atoms with van der Waals surface area (Å²) in [6, 6.07) is 9.22. The number of anilines is 1. The van der Waals surface area contributed by atoms with Gasteiger partial charge in [-0.2, -0.15) is 0 Å². The molecule has 34 heavy (non-hydrogen) atoms. The number of carbonyl (C=O) groups is 3. The zero-order chi connectivity index (χ0) is 24.9. The Kier molecular flexibility index (Phi) is 6.38. The van der Waals surface area contributed by atoms with Crippen LogP contribution in [0.15, 0.2) is 42.0 Å². The van der Waals surface area contributed by atoms with Crippen molar-refractivity contribution in [1.29, 1.82) is 0 Å². The molecule has 0 radical (unpaired) electrons. The maximum Gasteiger partial charge on any atom is 0.301 e. The Balaban J connectivity index is 2.01. The van der Waals surface area contributed by atoms with Crippen LogP contribution in [0, 0.1) is 20.8 Å². The number of aliphatic hydroxyl groups excluding tert-OH is 1. The zero-order valence-corrected chi connectivity index (χ0v) is 21.1. The number of thiazole rings is 1. The number of ketones is 2. The third kappa shape index (κ3) is 4.04. The van der Waals surface area contributed by atoms with E-state index in [0.29, 0.717) is 26.7 Å². The van der Waals surface area contributed by atoms with E-state index in [-0.39, 0.29) is 27.3 Å². The smallest absolute Gasteiger partial charge is 0.301 e. The van der Waals surface area contributed by atoms with Gasteiger partial charge in [-0.25, -0.2) is 4.98 Å². The molecule has 1 aromatic heterocycles. The molecule has 3 aromatic rings. The zero-order valence-electron chi connectivity index (χ0n) is 18.8. The van der Waals surface area contributed by atoms with E-state index in [4.69, 9.17) is 23.2 Å². The molecule has 174 valence electrons. The van der Waals surface area contributed by atoms with Gasteiger partial charge in [0.25, 0.3) is 5.78 Å². The lowest BCUT2D eigenvalue weighted by molar-refractivity contribution is -0.132. The topological polar surface area (TPSA) is 87.6 Å². The molecule has 9 heteroatoms. The second-order valence-electron chi connectivity index (χ2n) is 8.13. The molecule has 0 saturated carbocycles. The van der Waals surface area contributed by atoms with Gasteiger partial charge in [-0.3, -0.25) is 19.3 Å². The van der Waals surface area contributed by atoms with Gasteiger partial charge in [0.1, 0.15) is 5.76 Å². The Labute approximate surface area is 210 Å². The summed E-state index contributed by atoms with van der Waals surface area (Å²) in [5.74, 6) is -2.20. The predicted molar refractivity (Wildman–Crippen MR) is 134 cm³/mol. The fourth-order valence-corrected chi connectivity index (χ4v) is 5.27. The lowest BCUT2D eigenvalue weighted by Crippen LogP contribution is -2.29. The second kappa shape index (κ2) is 8.98. The van der Waals surface area contributed by atoms with E-state index < -0.39 is 17.7 Å². The van der Waals surface area contributed by atoms with E-state index in [1.807, 2.05) is 26.0 Å². The number of halogens is 2. The highest BCUT2D eigenvalue weighted by atomic mass is 35.5. The maximum absolute atomic E-state index is 13.3. The van der Waals surface area contributed by atoms with Crippen molar-refractivity contribution in [2.45, 2.75) is 33.7 Å². The summed E-state index contributed by atoms with van der Waals surface area (Å²) in [5.41, 5.74) is 2.91. The Bertz CT molecular complexity index is 1410. The van der Waals surface area contributed by atoms with Gasteiger partial charge in [-0.1, -0.05) is 58.3 Å². The van der Waals surface area contributed by atoms with Crippen LogP contribution in [0.5, 0.6) is 0 Å². The number of hydrogen-bond acceptors (Lipinski definition) is 6. The molecule has 4 rings (SSSR count). The molecule has 1 saturated heterocycles. The molecular weight excluding hydrogens is 495 g/mol. The minimum Gasteiger partial charge on any atom is -0.507 e. The van der Waals surface area contributed by atoms with Crippen molar-refractivity contribution in [1.82, 2.24) is 4.98 Å². The van der Waals surface area contributed by atoms with Crippen molar-refractivity contribution in [2.75, 3.05) is 4.90 Å². The molecule has 0 bridgehead atoms. The van der Waals surface area contributed by atoms with Crippen molar-refractivity contribution >= 4 is 62.9 Å². The molecule has 1 amide bonds. The van der Waals surface area contributed by atoms with Gasteiger partial charge in [-0.15, -0.1) is 0 Å². The highest BCUT2D eigenvalue weighted by Gasteiger charge is 2.48. The molecule has 0 aliphatic carbocycles. The van der Waals surface area contributed by atoms with Crippen LogP contribution < -0.4 is 4.90 Å². The Hall–Kier alpha value is -3.00. The molecule has 1 unspecified atom stereocenters. The van der Waals surface area contributed by atoms with Gasteiger partial charge >= 0.3 is 5.91 Å². The highest BCUT2D eigenvalue weighted by molar-refractivity contribution is 7.18. The molecule has 1 fully saturated rings. The summed E-state index contributed by atoms with van der Waals surface area (Å²) in [7, 11) is 0. The Morgan fingerprint density at radius 3 is 2.38 bits per heavy atom. The predicted octanol–water partition coefficient (Wildman–Crippen LogP) is 6.20. The Morgan fingerprint density at radius 2 is 1.76 bits per heavy atom. The van der Waals surface area contributed by atoms with Crippen LogP contribution in [-0.4, -0.2) is 27.6 Å². The van der Waals surface area contributed by atoms with Crippen molar-refractivity contribution in [2.24, 2.45) is 0 Å². The van der Waals surface area contributed by atoms with Crippen LogP contribution in [0.1, 0.15) is 50.6 Å². The Morgan fingerprint density at radius 1 is 1.06 bits per heavy atom. The first-order valence-corrected chi connectivity index (χ1v) is 11.9. The molecule has 0 spiro atoms. The number of hydrogen-bond donors (Lipinski definition) is 1. The van der Waals surface area contributed by atoms with Crippen molar-refractivity contribution < 1.29 is 19.5 Å². The highest BCUT2D eigenvalue weighted by Crippen LogP contribution is 2.45. The first-order chi connectivity index (χ1) is 16.0. The fourth-order valence-electron chi connectivity index (χ4n) is 3.98. The number of aryl methyl sites for hydroxylation is 3. The molecule has 1 N–H and O–H groups in total. The molecule has 2 heterocycles. The van der Waals surface area contributed by atoms with Crippen molar-refractivity contribution in [3.05, 3.63) is 84.8 Å². The van der Waals surface area contributed by atoms with Gasteiger partial charge in [0.05, 0.1) is 32.2 Å². The SMILES string of the molecule is CC(=O)c1sc(N2C(=O)C(=O)/C(=C(/O)c3cc(C)ccc3C)C2c2ccc(Cl)c(Cl)c2)nc1C. The van der Waals surface area contributed by atoms with Gasteiger partial charge in [-0.05, 0) is 50.1 Å². The van der Waals surface area contributed by atoms with Crippen LogP contribution in [0.2, 0.25) is 10.0 Å². The maximum atomic E-state index is 13.3. The molecule has 2 aromatic carbocycles. The summed E-state index contributed by atoms with van der Waals surface area (Å²) in [4.78, 5) is 44.6. The van der Waals surface area contributed by atoms with Crippen LogP contribution in [0.25, 0.3) is 5.76 Å². The third-order valence-corrected chi connectivity index (χ3v) is 7.66. The standard InChI is InChI=1S/C25H20Cl2N2O4S/c1-11-5-6-12(2)16(9-11)21(31)19-20(15-7-8-17(26)18(27)10-15)29(24(33)22(19)32)25-28-13(3)23(34-25)14(4)30/h5-10,20,31H,1-4H3/b21-19+. The van der Waals surface area contributed by atoms with Gasteiger partial charge in [0.2, 0.25) is 0 Å². The minimum absolute atomic E-state index is 0.0886. The summed E-state index contributed by atoms with van der Waals surface area (Å²) >= 11 is 13.4. The number of benzene rings is 2. The normalized spacial score (nSPS) is 17.5. The molecule has 6 nitrogen and oxygen atoms in total. The third-order valence-electron chi connectivity index (χ3n) is 5.66. The molecule has 1 aliphatic rings. The monoisotopic (exact) mass is 514 g/mol. The van der Waals surface area contributed by atoms with E-state index in [9.17, 15) is 19.5 Å². The van der Waals surface area contributed by atoms with Crippen LogP contribution in [0.4, 0.5) is 5.13 Å². The molecule has 1 atom stereocenters. The van der Waals surface area contributed by atoms with Crippen molar-refractivity contribution in [3.8, 4) is 0 Å². The second-order valence-corrected chi connectivity index (χ2v) is 9.92. The van der Waals surface area contributed by atoms with Gasteiger partial charge in [0, 0.05) is 12.5 Å². The first kappa shape index (κ1) is 24.1. The van der Waals surface area contributed by atoms with Crippen LogP contribution in [-0.2, 0) is 9.59 Å². The summed E-state index contributed by atoms with van der Waals surface area (Å²) < 4.78 is 0. The van der Waals surface area contributed by atoms with E-state index in [1.54, 1.807) is 31.2 Å². The van der Waals surface area contributed by atoms with E-state index >= 15 is 0 Å². The minimum atomic E-state index is -1.01. The van der Waals surface area contributed by atoms with E-state index in [0.717, 1.165) is 22.5 Å². The fraction of sp³-hybridized carbons (Fsp3) is 0.200. The number of amides is 1. The van der Waals surface area contributed by atoms with Gasteiger partial charge < -0.3 is 5.11 Å². The van der Waals surface area contributed by atoms with E-state index in [1.165, 1.54) is 11.8 Å².